The summed E-state index contributed by atoms with van der Waals surface area (Å²) in [6.45, 7) is 0. The normalized spacial score (nSPS) is 11.9. The van der Waals surface area contributed by atoms with Crippen LogP contribution in [0.1, 0.15) is 0 Å². The molecule has 624 valence electrons. The predicted octanol–water partition coefficient (Wildman–Crippen LogP) is 32.7. The fourth-order valence-electron chi connectivity index (χ4n) is 20.7. The number of rotatable bonds is 9. The van der Waals surface area contributed by atoms with Crippen LogP contribution in [0.15, 0.2) is 452 Å². The summed E-state index contributed by atoms with van der Waals surface area (Å²) < 4.78 is 22.7. The molecule has 11 nitrogen and oxygen atoms in total. The van der Waals surface area contributed by atoms with Gasteiger partial charge in [0.05, 0.1) is 100 Å². The third-order valence-corrected chi connectivity index (χ3v) is 27.7. The first-order chi connectivity index (χ1) is 66.5. The molecule has 9 aromatic heterocycles. The van der Waals surface area contributed by atoms with Gasteiger partial charge in [0.1, 0.15) is 22.3 Å². The van der Waals surface area contributed by atoms with Crippen molar-refractivity contribution in [2.24, 2.45) is 0 Å². The maximum absolute atomic E-state index is 6.57. The highest BCUT2D eigenvalue weighted by atomic mass is 32.1. The lowest BCUT2D eigenvalue weighted by Crippen LogP contribution is -1.98. The predicted molar refractivity (Wildman–Crippen MR) is 557 cm³/mol. The molecule has 0 unspecified atom stereocenters. The van der Waals surface area contributed by atoms with Crippen LogP contribution in [0.2, 0.25) is 0 Å². The summed E-state index contributed by atoms with van der Waals surface area (Å²) in [5.74, 6) is 0. The zero-order valence-electron chi connectivity index (χ0n) is 71.9. The van der Waals surface area contributed by atoms with Crippen LogP contribution in [0.4, 0.5) is 0 Å². The second kappa shape index (κ2) is 31.0. The molecule has 29 aromatic rings. The topological polar surface area (TPSA) is 118 Å². The molecular formula is C122H73N9O2S. The van der Waals surface area contributed by atoms with E-state index < -0.39 is 0 Å². The summed E-state index contributed by atoms with van der Waals surface area (Å²) in [5, 5.41) is 19.3. The minimum absolute atomic E-state index is 0.848. The molecule has 12 heteroatoms. The second-order valence-corrected chi connectivity index (χ2v) is 35.2. The van der Waals surface area contributed by atoms with Crippen LogP contribution in [-0.4, -0.2) is 43.6 Å². The van der Waals surface area contributed by atoms with E-state index in [9.17, 15) is 0 Å². The van der Waals surface area contributed by atoms with Gasteiger partial charge in [-0.3, -0.25) is 0 Å². The average molecular weight is 1730 g/mol. The van der Waals surface area contributed by atoms with Crippen molar-refractivity contribution in [2.45, 2.75) is 0 Å². The molecule has 0 amide bonds. The Hall–Kier alpha value is -17.8. The molecule has 0 bridgehead atoms. The summed E-state index contributed by atoms with van der Waals surface area (Å²) >= 11 is 1.89. The third-order valence-electron chi connectivity index (χ3n) is 26.5. The number of thiophene rings is 1. The van der Waals surface area contributed by atoms with Gasteiger partial charge < -0.3 is 22.5 Å². The van der Waals surface area contributed by atoms with E-state index in [0.29, 0.717) is 0 Å². The van der Waals surface area contributed by atoms with Gasteiger partial charge in [0, 0.05) is 146 Å². The molecule has 0 fully saturated rings. The molecule has 0 N–H and O–H groups in total. The van der Waals surface area contributed by atoms with Crippen molar-refractivity contribution in [1.29, 1.82) is 0 Å². The van der Waals surface area contributed by atoms with Gasteiger partial charge in [-0.25, -0.2) is 29.9 Å². The number of hydrogen-bond acceptors (Lipinski definition) is 9. The van der Waals surface area contributed by atoms with Crippen molar-refractivity contribution in [3.05, 3.63) is 443 Å². The third kappa shape index (κ3) is 12.2. The van der Waals surface area contributed by atoms with E-state index in [1.807, 2.05) is 102 Å². The lowest BCUT2D eigenvalue weighted by Gasteiger charge is -2.14. The monoisotopic (exact) mass is 1730 g/mol. The molecular weight excluding hydrogens is 1660 g/mol. The van der Waals surface area contributed by atoms with Crippen LogP contribution in [0, 0.1) is 0 Å². The Morgan fingerprint density at radius 3 is 0.940 bits per heavy atom. The largest absolute Gasteiger partial charge is 0.456 e. The van der Waals surface area contributed by atoms with Crippen molar-refractivity contribution in [3.63, 3.8) is 0 Å². The summed E-state index contributed by atoms with van der Waals surface area (Å²) in [6, 6.07) is 155. The molecule has 0 aliphatic heterocycles. The number of furan rings is 2. The lowest BCUT2D eigenvalue weighted by atomic mass is 9.99. The minimum atomic E-state index is 0.848. The fraction of sp³-hybridized carbons (Fsp3) is 0. The number of para-hydroxylation sites is 5. The standard InChI is InChI=1S/C42H25N3O.C42H25N3S.C38H23N3O/c2*1-3-13-26(14-4-1)39-40(27-15-5-2-6-16-27)44-34-25-28(23-24-33(34)43-39)45-35-21-11-9-19-31(35)37-38-32-20-10-12-22-36(32)46-42(38)30-18-8-7-17-29(30)41(37)45;1-3-11-24(12-4-1)37-38(25-13-5-2-6-14-25)40-30-23-26(19-20-29(30)39-37)41-31-17-9-7-15-27(31)35-32(41)21-22-34-36(35)28-16-8-10-18-33(28)42-34/h2*1-25H;1-23H. The van der Waals surface area contributed by atoms with Gasteiger partial charge in [-0.1, -0.05) is 340 Å². The molecule has 0 aliphatic rings. The van der Waals surface area contributed by atoms with Crippen LogP contribution in [0.3, 0.4) is 0 Å². The molecule has 20 aromatic carbocycles. The zero-order chi connectivity index (χ0) is 88.0. The van der Waals surface area contributed by atoms with E-state index in [2.05, 4.69) is 366 Å². The van der Waals surface area contributed by atoms with E-state index in [4.69, 9.17) is 38.7 Å². The van der Waals surface area contributed by atoms with Gasteiger partial charge in [-0.15, -0.1) is 11.3 Å². The van der Waals surface area contributed by atoms with Crippen molar-refractivity contribution in [1.82, 2.24) is 43.6 Å². The Morgan fingerprint density at radius 2 is 0.500 bits per heavy atom. The summed E-state index contributed by atoms with van der Waals surface area (Å²) in [4.78, 5) is 31.4. The molecule has 0 aliphatic carbocycles. The van der Waals surface area contributed by atoms with Crippen molar-refractivity contribution in [3.8, 4) is 84.6 Å². The van der Waals surface area contributed by atoms with E-state index in [1.54, 1.807) is 0 Å². The van der Waals surface area contributed by atoms with Gasteiger partial charge in [-0.2, -0.15) is 0 Å². The maximum Gasteiger partial charge on any atom is 0.144 e. The Morgan fingerprint density at radius 1 is 0.187 bits per heavy atom. The Labute approximate surface area is 769 Å². The molecule has 0 atom stereocenters. The number of hydrogen-bond donors (Lipinski definition) is 0. The van der Waals surface area contributed by atoms with Crippen LogP contribution in [0.5, 0.6) is 0 Å². The van der Waals surface area contributed by atoms with Gasteiger partial charge in [0.25, 0.3) is 0 Å². The maximum atomic E-state index is 6.57. The minimum Gasteiger partial charge on any atom is -0.456 e. The Bertz CT molecular complexity index is 9450. The van der Waals surface area contributed by atoms with E-state index >= 15 is 0 Å². The number of aromatic nitrogens is 9. The first kappa shape index (κ1) is 76.2. The SMILES string of the molecule is c1ccc(-c2nc3ccc(-n4c5ccccc5c5c6c(ccc54)oc4ccccc46)cc3nc2-c2ccccc2)cc1.c1ccc(-c2nc3ccc(-n4c5ccccc5c5c6c7ccccc7oc6c6ccccc6c54)cc3nc2-c2ccccc2)cc1.c1ccc(-c2nc3ccc(-n4c5ccccc5c5c6c7ccccc7sc6c6ccccc6c54)cc3nc2-c2ccccc2)cc1. The smallest absolute Gasteiger partial charge is 0.144 e. The zero-order valence-corrected chi connectivity index (χ0v) is 72.7. The molecule has 0 spiro atoms. The van der Waals surface area contributed by atoms with E-state index in [1.165, 1.54) is 74.3 Å². The lowest BCUT2D eigenvalue weighted by molar-refractivity contribution is 0.669. The van der Waals surface area contributed by atoms with Crippen LogP contribution in [0.25, 0.3) is 269 Å². The van der Waals surface area contributed by atoms with Gasteiger partial charge in [-0.05, 0) is 103 Å². The number of benzene rings is 20. The highest BCUT2D eigenvalue weighted by Crippen LogP contribution is 2.51. The Balaban J connectivity index is 0.000000102. The van der Waals surface area contributed by atoms with Crippen molar-refractivity contribution >= 4 is 195 Å². The Kier molecular flexibility index (Phi) is 17.6. The molecule has 0 saturated heterocycles. The first-order valence-electron chi connectivity index (χ1n) is 45.1. The first-order valence-corrected chi connectivity index (χ1v) is 45.9. The van der Waals surface area contributed by atoms with Gasteiger partial charge in [0.15, 0.2) is 0 Å². The van der Waals surface area contributed by atoms with Crippen LogP contribution >= 0.6 is 11.3 Å². The van der Waals surface area contributed by atoms with Crippen molar-refractivity contribution < 1.29 is 8.83 Å². The van der Waals surface area contributed by atoms with Gasteiger partial charge >= 0.3 is 0 Å². The summed E-state index contributed by atoms with van der Waals surface area (Å²) in [7, 11) is 0. The molecule has 134 heavy (non-hydrogen) atoms. The van der Waals surface area contributed by atoms with Crippen molar-refractivity contribution in [2.75, 3.05) is 0 Å². The summed E-state index contributed by atoms with van der Waals surface area (Å²) in [5.41, 5.74) is 30.5. The fourth-order valence-corrected chi connectivity index (χ4v) is 21.9. The second-order valence-electron chi connectivity index (χ2n) is 34.1. The summed E-state index contributed by atoms with van der Waals surface area (Å²) in [6.07, 6.45) is 0. The van der Waals surface area contributed by atoms with E-state index in [0.717, 1.165) is 194 Å². The molecule has 29 rings (SSSR count). The van der Waals surface area contributed by atoms with Crippen LogP contribution < -0.4 is 0 Å². The highest BCUT2D eigenvalue weighted by Gasteiger charge is 2.28. The highest BCUT2D eigenvalue weighted by molar-refractivity contribution is 7.27. The average Bonchev–Trinajstić information content (AvgIpc) is 1.53. The van der Waals surface area contributed by atoms with Crippen LogP contribution in [-0.2, 0) is 0 Å². The van der Waals surface area contributed by atoms with Gasteiger partial charge in [0.2, 0.25) is 0 Å². The molecule has 9 heterocycles. The quantitative estimate of drug-likeness (QED) is 0.140. The molecule has 0 radical (unpaired) electrons. The molecule has 0 saturated carbocycles. The number of nitrogens with zero attached hydrogens (tertiary/aromatic N) is 9. The van der Waals surface area contributed by atoms with E-state index in [-0.39, 0.29) is 0 Å². The number of fused-ring (bicyclic) bond motifs is 30.